The molecule has 4 aliphatic rings. The fraction of sp³-hybridized carbons (Fsp3) is 0.571. The van der Waals surface area contributed by atoms with Crippen molar-refractivity contribution in [2.24, 2.45) is 5.41 Å². The summed E-state index contributed by atoms with van der Waals surface area (Å²) in [4.78, 5) is 37.7. The molecular formula is C21H23F3N4O3. The van der Waals surface area contributed by atoms with Crippen LogP contribution in [0.2, 0.25) is 0 Å². The quantitative estimate of drug-likeness (QED) is 0.618. The van der Waals surface area contributed by atoms with Crippen molar-refractivity contribution < 1.29 is 27.6 Å². The molecule has 5 rings (SSSR count). The van der Waals surface area contributed by atoms with Gasteiger partial charge in [-0.2, -0.15) is 13.2 Å². The van der Waals surface area contributed by atoms with E-state index in [1.807, 2.05) is 0 Å². The highest BCUT2D eigenvalue weighted by molar-refractivity contribution is 6.05. The number of halogens is 3. The monoisotopic (exact) mass is 436 g/mol. The van der Waals surface area contributed by atoms with Gasteiger partial charge in [-0.05, 0) is 41.9 Å². The summed E-state index contributed by atoms with van der Waals surface area (Å²) in [6, 6.07) is 4.28. The van der Waals surface area contributed by atoms with Crippen LogP contribution >= 0.6 is 0 Å². The van der Waals surface area contributed by atoms with Crippen molar-refractivity contribution >= 4 is 17.7 Å². The van der Waals surface area contributed by atoms with Gasteiger partial charge in [-0.25, -0.2) is 0 Å². The van der Waals surface area contributed by atoms with E-state index in [9.17, 15) is 27.6 Å². The van der Waals surface area contributed by atoms with E-state index in [2.05, 4.69) is 16.0 Å². The lowest BCUT2D eigenvalue weighted by atomic mass is 9.54. The molecule has 0 aromatic heterocycles. The lowest BCUT2D eigenvalue weighted by molar-refractivity contribution is -0.255. The zero-order chi connectivity index (χ0) is 22.0. The van der Waals surface area contributed by atoms with E-state index in [-0.39, 0.29) is 56.0 Å². The molecule has 7 nitrogen and oxygen atoms in total. The van der Waals surface area contributed by atoms with Gasteiger partial charge in [-0.15, -0.1) is 0 Å². The summed E-state index contributed by atoms with van der Waals surface area (Å²) in [5, 5.41) is 8.06. The molecule has 3 fully saturated rings. The van der Waals surface area contributed by atoms with E-state index in [4.69, 9.17) is 0 Å². The van der Waals surface area contributed by atoms with E-state index in [0.29, 0.717) is 29.8 Å². The van der Waals surface area contributed by atoms with Crippen LogP contribution in [-0.4, -0.2) is 53.5 Å². The van der Waals surface area contributed by atoms with Gasteiger partial charge in [0.05, 0.1) is 0 Å². The Bertz CT molecular complexity index is 965. The second-order valence-corrected chi connectivity index (χ2v) is 9.28. The second-order valence-electron chi connectivity index (χ2n) is 9.28. The Balaban J connectivity index is 1.28. The normalized spacial score (nSPS) is 26.4. The van der Waals surface area contributed by atoms with Gasteiger partial charge in [-0.1, -0.05) is 12.1 Å². The molecule has 1 aromatic rings. The summed E-state index contributed by atoms with van der Waals surface area (Å²) in [5.74, 6) is -1.14. The number of amides is 3. The number of hydrogen-bond acceptors (Lipinski definition) is 5. The topological polar surface area (TPSA) is 90.5 Å². The fourth-order valence-corrected chi connectivity index (χ4v) is 5.39. The van der Waals surface area contributed by atoms with Gasteiger partial charge in [0.1, 0.15) is 11.6 Å². The molecule has 1 aliphatic carbocycles. The molecule has 3 heterocycles. The molecule has 3 N–H and O–H groups in total. The Morgan fingerprint density at radius 3 is 2.52 bits per heavy atom. The van der Waals surface area contributed by atoms with Gasteiger partial charge in [0, 0.05) is 38.2 Å². The highest BCUT2D eigenvalue weighted by atomic mass is 19.4. The van der Waals surface area contributed by atoms with Crippen molar-refractivity contribution in [3.8, 4) is 0 Å². The smallest absolute Gasteiger partial charge is 0.322 e. The number of carbonyl (C=O) groups is 3. The van der Waals surface area contributed by atoms with Gasteiger partial charge in [0.25, 0.3) is 5.91 Å². The van der Waals surface area contributed by atoms with Crippen LogP contribution in [0.3, 0.4) is 0 Å². The van der Waals surface area contributed by atoms with Crippen LogP contribution < -0.4 is 16.0 Å². The molecular weight excluding hydrogens is 413 g/mol. The lowest BCUT2D eigenvalue weighted by Gasteiger charge is -2.61. The van der Waals surface area contributed by atoms with Gasteiger partial charge in [0.15, 0.2) is 0 Å². The largest absolute Gasteiger partial charge is 0.406 e. The van der Waals surface area contributed by atoms with Crippen LogP contribution in [0.1, 0.15) is 47.2 Å². The fourth-order valence-electron chi connectivity index (χ4n) is 5.39. The Morgan fingerprint density at radius 1 is 1.16 bits per heavy atom. The molecule has 2 saturated heterocycles. The lowest BCUT2D eigenvalue weighted by Crippen LogP contribution is -2.75. The Morgan fingerprint density at radius 2 is 1.90 bits per heavy atom. The first-order valence-electron chi connectivity index (χ1n) is 10.4. The maximum absolute atomic E-state index is 13.8. The van der Waals surface area contributed by atoms with E-state index >= 15 is 0 Å². The number of piperidine rings is 1. The number of nitrogens with zero attached hydrogens (tertiary/aromatic N) is 1. The van der Waals surface area contributed by atoms with Crippen molar-refractivity contribution in [3.63, 3.8) is 0 Å². The summed E-state index contributed by atoms with van der Waals surface area (Å²) >= 11 is 0. The molecule has 0 bridgehead atoms. The summed E-state index contributed by atoms with van der Waals surface area (Å²) in [7, 11) is 0. The molecule has 3 aliphatic heterocycles. The minimum absolute atomic E-state index is 0.0445. The van der Waals surface area contributed by atoms with Crippen molar-refractivity contribution in [2.75, 3.05) is 13.1 Å². The number of hydrogen-bond donors (Lipinski definition) is 3. The summed E-state index contributed by atoms with van der Waals surface area (Å²) < 4.78 is 41.3. The average molecular weight is 436 g/mol. The minimum atomic E-state index is -4.33. The van der Waals surface area contributed by atoms with E-state index in [0.717, 1.165) is 0 Å². The first-order valence-corrected chi connectivity index (χ1v) is 10.4. The SMILES string of the molecule is O=C1CCC(N2Cc3cc(CNC4(C(F)(F)F)CC5(CNC5)C4)ccc3C2=O)C(=O)N1. The number of alkyl halides is 3. The third kappa shape index (κ3) is 3.23. The number of fused-ring (bicyclic) bond motifs is 1. The van der Waals surface area contributed by atoms with Crippen molar-refractivity contribution in [2.45, 2.75) is 56.5 Å². The van der Waals surface area contributed by atoms with E-state index < -0.39 is 23.7 Å². The maximum Gasteiger partial charge on any atom is 0.406 e. The summed E-state index contributed by atoms with van der Waals surface area (Å²) in [6.45, 7) is 1.50. The van der Waals surface area contributed by atoms with Crippen molar-refractivity contribution in [1.29, 1.82) is 0 Å². The highest BCUT2D eigenvalue weighted by Crippen LogP contribution is 2.57. The minimum Gasteiger partial charge on any atom is -0.322 e. The zero-order valence-electron chi connectivity index (χ0n) is 16.8. The summed E-state index contributed by atoms with van der Waals surface area (Å²) in [6.07, 6.45) is -3.75. The standard InChI is InChI=1S/C21H23F3N4O3/c22-21(23,24)20(8-19(9-20)10-25-11-19)26-6-12-1-2-14-13(5-12)7-28(18(14)31)15-3-4-16(29)27-17(15)30/h1-2,5,15,25-26H,3-4,6-11H2,(H,27,29,30). The van der Waals surface area contributed by atoms with Crippen molar-refractivity contribution in [3.05, 3.63) is 34.9 Å². The predicted molar refractivity (Wildman–Crippen MR) is 103 cm³/mol. The molecule has 0 radical (unpaired) electrons. The number of nitrogens with one attached hydrogen (secondary N) is 3. The first-order chi connectivity index (χ1) is 14.6. The van der Waals surface area contributed by atoms with Crippen LogP contribution in [0, 0.1) is 5.41 Å². The number of benzene rings is 1. The zero-order valence-corrected chi connectivity index (χ0v) is 16.8. The Labute approximate surface area is 176 Å². The van der Waals surface area contributed by atoms with E-state index in [1.165, 1.54) is 4.90 Å². The van der Waals surface area contributed by atoms with Crippen LogP contribution in [0.15, 0.2) is 18.2 Å². The highest BCUT2D eigenvalue weighted by Gasteiger charge is 2.68. The molecule has 10 heteroatoms. The summed E-state index contributed by atoms with van der Waals surface area (Å²) in [5.41, 5.74) is -0.323. The second kappa shape index (κ2) is 6.77. The molecule has 1 unspecified atom stereocenters. The maximum atomic E-state index is 13.8. The van der Waals surface area contributed by atoms with Crippen LogP contribution in [0.25, 0.3) is 0 Å². The first kappa shape index (κ1) is 20.4. The molecule has 1 saturated carbocycles. The Kier molecular flexibility index (Phi) is 4.46. The van der Waals surface area contributed by atoms with E-state index in [1.54, 1.807) is 18.2 Å². The third-order valence-electron chi connectivity index (χ3n) is 7.12. The van der Waals surface area contributed by atoms with Crippen LogP contribution in [0.4, 0.5) is 13.2 Å². The number of imide groups is 1. The van der Waals surface area contributed by atoms with Gasteiger partial charge >= 0.3 is 6.18 Å². The number of rotatable bonds is 4. The molecule has 166 valence electrons. The number of carbonyl (C=O) groups excluding carboxylic acids is 3. The van der Waals surface area contributed by atoms with Gasteiger partial charge in [-0.3, -0.25) is 25.0 Å². The average Bonchev–Trinajstić information content (AvgIpc) is 2.94. The molecule has 31 heavy (non-hydrogen) atoms. The third-order valence-corrected chi connectivity index (χ3v) is 7.12. The van der Waals surface area contributed by atoms with Gasteiger partial charge < -0.3 is 10.2 Å². The predicted octanol–water partition coefficient (Wildman–Crippen LogP) is 1.22. The van der Waals surface area contributed by atoms with Crippen LogP contribution in [0.5, 0.6) is 0 Å². The molecule has 1 atom stereocenters. The van der Waals surface area contributed by atoms with Crippen LogP contribution in [-0.2, 0) is 22.7 Å². The Hall–Kier alpha value is -2.46. The van der Waals surface area contributed by atoms with Gasteiger partial charge in [0.2, 0.25) is 11.8 Å². The van der Waals surface area contributed by atoms with Crippen molar-refractivity contribution in [1.82, 2.24) is 20.9 Å². The molecule has 1 spiro atoms. The molecule has 1 aromatic carbocycles. The molecule has 3 amide bonds.